The summed E-state index contributed by atoms with van der Waals surface area (Å²) in [7, 11) is 3.27. The Morgan fingerprint density at radius 2 is 1.88 bits per heavy atom. The van der Waals surface area contributed by atoms with Gasteiger partial charge in [0.2, 0.25) is 0 Å². The lowest BCUT2D eigenvalue weighted by Crippen LogP contribution is -1.96. The number of nitrogens with one attached hydrogen (secondary N) is 2. The van der Waals surface area contributed by atoms with Crippen LogP contribution in [0.15, 0.2) is 36.4 Å². The maximum atomic E-state index is 13.5. The number of aromatic nitrogens is 2. The second kappa shape index (κ2) is 6.71. The minimum Gasteiger partial charge on any atom is -0.493 e. The number of nitrogens with zero attached hydrogens (tertiary/aromatic N) is 1. The molecule has 6 heteroatoms. The average Bonchev–Trinajstić information content (AvgIpc) is 2.94. The van der Waals surface area contributed by atoms with Crippen molar-refractivity contribution in [1.29, 1.82) is 0 Å². The molecule has 4 rings (SSSR count). The van der Waals surface area contributed by atoms with Gasteiger partial charge in [-0.15, -0.1) is 0 Å². The first-order valence-corrected chi connectivity index (χ1v) is 8.54. The molecule has 0 saturated carbocycles. The number of halogens is 1. The molecule has 5 nitrogen and oxygen atoms in total. The molecule has 3 aromatic rings. The molecule has 134 valence electrons. The van der Waals surface area contributed by atoms with Crippen LogP contribution in [0.2, 0.25) is 0 Å². The van der Waals surface area contributed by atoms with E-state index < -0.39 is 0 Å². The molecule has 2 aromatic carbocycles. The number of aromatic amines is 1. The molecule has 0 aliphatic heterocycles. The monoisotopic (exact) mass is 353 g/mol. The molecule has 1 aliphatic rings. The topological polar surface area (TPSA) is 59.2 Å². The highest BCUT2D eigenvalue weighted by atomic mass is 19.1. The van der Waals surface area contributed by atoms with Gasteiger partial charge in [-0.25, -0.2) is 4.39 Å². The van der Waals surface area contributed by atoms with E-state index in [9.17, 15) is 4.39 Å². The van der Waals surface area contributed by atoms with Gasteiger partial charge in [0.15, 0.2) is 17.3 Å². The number of hydrogen-bond donors (Lipinski definition) is 2. The highest BCUT2D eigenvalue weighted by Crippen LogP contribution is 2.40. The lowest BCUT2D eigenvalue weighted by Gasteiger charge is -2.13. The van der Waals surface area contributed by atoms with Crippen molar-refractivity contribution in [3.63, 3.8) is 0 Å². The third-order valence-corrected chi connectivity index (χ3v) is 4.71. The molecule has 0 bridgehead atoms. The molecule has 2 N–H and O–H groups in total. The van der Waals surface area contributed by atoms with Gasteiger partial charge in [-0.1, -0.05) is 6.07 Å². The first-order chi connectivity index (χ1) is 12.7. The van der Waals surface area contributed by atoms with Crippen LogP contribution in [-0.2, 0) is 12.8 Å². The van der Waals surface area contributed by atoms with Crippen molar-refractivity contribution in [3.05, 3.63) is 53.3 Å². The molecular formula is C20H20FN3O2. The van der Waals surface area contributed by atoms with Gasteiger partial charge in [0, 0.05) is 16.8 Å². The molecule has 1 aromatic heterocycles. The van der Waals surface area contributed by atoms with Gasteiger partial charge in [-0.05, 0) is 55.2 Å². The lowest BCUT2D eigenvalue weighted by molar-refractivity contribution is 0.354. The van der Waals surface area contributed by atoms with E-state index in [4.69, 9.17) is 9.47 Å². The van der Waals surface area contributed by atoms with Crippen molar-refractivity contribution in [2.24, 2.45) is 0 Å². The number of rotatable bonds is 4. The van der Waals surface area contributed by atoms with Crippen LogP contribution in [0.5, 0.6) is 11.5 Å². The molecule has 26 heavy (non-hydrogen) atoms. The molecule has 0 saturated heterocycles. The van der Waals surface area contributed by atoms with Gasteiger partial charge in [-0.2, -0.15) is 5.10 Å². The zero-order valence-electron chi connectivity index (χ0n) is 14.7. The lowest BCUT2D eigenvalue weighted by atomic mass is 10.0. The number of anilines is 2. The Kier molecular flexibility index (Phi) is 4.24. The summed E-state index contributed by atoms with van der Waals surface area (Å²) in [5, 5.41) is 10.8. The van der Waals surface area contributed by atoms with Gasteiger partial charge in [0.1, 0.15) is 5.82 Å². The van der Waals surface area contributed by atoms with Crippen LogP contribution in [-0.4, -0.2) is 24.4 Å². The summed E-state index contributed by atoms with van der Waals surface area (Å²) in [6, 6.07) is 10.4. The smallest absolute Gasteiger partial charge is 0.161 e. The van der Waals surface area contributed by atoms with E-state index in [1.807, 2.05) is 18.2 Å². The highest BCUT2D eigenvalue weighted by Gasteiger charge is 2.22. The Morgan fingerprint density at radius 3 is 2.65 bits per heavy atom. The van der Waals surface area contributed by atoms with Gasteiger partial charge in [-0.3, -0.25) is 5.10 Å². The molecular weight excluding hydrogens is 333 g/mol. The molecule has 0 spiro atoms. The van der Waals surface area contributed by atoms with Gasteiger partial charge >= 0.3 is 0 Å². The second-order valence-electron chi connectivity index (χ2n) is 6.28. The van der Waals surface area contributed by atoms with E-state index in [0.29, 0.717) is 11.4 Å². The summed E-state index contributed by atoms with van der Waals surface area (Å²) in [6.07, 6.45) is 2.81. The Labute approximate surface area is 151 Å². The van der Waals surface area contributed by atoms with Crippen LogP contribution in [0, 0.1) is 5.82 Å². The van der Waals surface area contributed by atoms with Gasteiger partial charge < -0.3 is 14.8 Å². The molecule has 0 atom stereocenters. The molecule has 1 heterocycles. The number of hydrogen-bond acceptors (Lipinski definition) is 4. The van der Waals surface area contributed by atoms with Crippen molar-refractivity contribution in [1.82, 2.24) is 10.2 Å². The van der Waals surface area contributed by atoms with E-state index in [2.05, 4.69) is 15.5 Å². The van der Waals surface area contributed by atoms with Gasteiger partial charge in [0.05, 0.1) is 19.9 Å². The molecule has 0 unspecified atom stereocenters. The third-order valence-electron chi connectivity index (χ3n) is 4.71. The number of methoxy groups -OCH3 is 2. The van der Waals surface area contributed by atoms with E-state index in [1.165, 1.54) is 17.7 Å². The van der Waals surface area contributed by atoms with E-state index in [0.717, 1.165) is 47.7 Å². The zero-order valence-corrected chi connectivity index (χ0v) is 14.7. The predicted octanol–water partition coefficient (Wildman–Crippen LogP) is 4.47. The summed E-state index contributed by atoms with van der Waals surface area (Å²) in [4.78, 5) is 0. The first kappa shape index (κ1) is 16.4. The first-order valence-electron chi connectivity index (χ1n) is 8.54. The van der Waals surface area contributed by atoms with Crippen molar-refractivity contribution in [2.75, 3.05) is 19.5 Å². The number of fused-ring (bicyclic) bond motifs is 3. The Balaban J connectivity index is 1.77. The average molecular weight is 353 g/mol. The standard InChI is InChI=1S/C20H20FN3O2/c1-25-17-9-12-5-3-8-15-19(16(12)11-18(17)26-2)23-24-20(15)22-14-7-4-6-13(21)10-14/h4,6-7,9-11H,3,5,8H2,1-2H3,(H2,22,23,24). The Bertz CT molecular complexity index is 952. The summed E-state index contributed by atoms with van der Waals surface area (Å²) >= 11 is 0. The molecule has 0 radical (unpaired) electrons. The molecule has 0 fully saturated rings. The van der Waals surface area contributed by atoms with Crippen molar-refractivity contribution >= 4 is 11.5 Å². The SMILES string of the molecule is COc1cc2c(cc1OC)-c1[nH]nc(Nc3cccc(F)c3)c1CCC2. The normalized spacial score (nSPS) is 12.7. The Hall–Kier alpha value is -3.02. The summed E-state index contributed by atoms with van der Waals surface area (Å²) in [5.74, 6) is 1.87. The van der Waals surface area contributed by atoms with Crippen LogP contribution in [0.25, 0.3) is 11.3 Å². The summed E-state index contributed by atoms with van der Waals surface area (Å²) in [6.45, 7) is 0. The van der Waals surface area contributed by atoms with Crippen LogP contribution in [0.1, 0.15) is 17.5 Å². The molecule has 1 aliphatic carbocycles. The predicted molar refractivity (Wildman–Crippen MR) is 98.8 cm³/mol. The number of ether oxygens (including phenoxy) is 2. The van der Waals surface area contributed by atoms with Crippen molar-refractivity contribution in [2.45, 2.75) is 19.3 Å². The summed E-state index contributed by atoms with van der Waals surface area (Å²) in [5.41, 5.74) is 5.01. The quantitative estimate of drug-likeness (QED) is 0.727. The van der Waals surface area contributed by atoms with E-state index >= 15 is 0 Å². The largest absolute Gasteiger partial charge is 0.493 e. The fourth-order valence-electron chi connectivity index (χ4n) is 3.45. The molecule has 0 amide bonds. The zero-order chi connectivity index (χ0) is 18.1. The van der Waals surface area contributed by atoms with Crippen LogP contribution >= 0.6 is 0 Å². The van der Waals surface area contributed by atoms with Gasteiger partial charge in [0.25, 0.3) is 0 Å². The Morgan fingerprint density at radius 1 is 1.08 bits per heavy atom. The minimum absolute atomic E-state index is 0.279. The minimum atomic E-state index is -0.279. The fraction of sp³-hybridized carbons (Fsp3) is 0.250. The van der Waals surface area contributed by atoms with Crippen molar-refractivity contribution < 1.29 is 13.9 Å². The fourth-order valence-corrected chi connectivity index (χ4v) is 3.45. The van der Waals surface area contributed by atoms with E-state index in [1.54, 1.807) is 20.3 Å². The number of benzene rings is 2. The number of aryl methyl sites for hydroxylation is 1. The van der Waals surface area contributed by atoms with Crippen LogP contribution in [0.4, 0.5) is 15.9 Å². The number of H-pyrrole nitrogens is 1. The maximum absolute atomic E-state index is 13.5. The van der Waals surface area contributed by atoms with Crippen LogP contribution < -0.4 is 14.8 Å². The van der Waals surface area contributed by atoms with Crippen molar-refractivity contribution in [3.8, 4) is 22.8 Å². The third kappa shape index (κ3) is 2.87. The summed E-state index contributed by atoms with van der Waals surface area (Å²) < 4.78 is 24.3. The maximum Gasteiger partial charge on any atom is 0.161 e. The second-order valence-corrected chi connectivity index (χ2v) is 6.28. The highest BCUT2D eigenvalue weighted by molar-refractivity contribution is 5.77. The van der Waals surface area contributed by atoms with E-state index in [-0.39, 0.29) is 5.82 Å². The van der Waals surface area contributed by atoms with Crippen LogP contribution in [0.3, 0.4) is 0 Å².